The number of halogens is 4. The summed E-state index contributed by atoms with van der Waals surface area (Å²) in [6.07, 6.45) is -4.60. The zero-order valence-corrected chi connectivity index (χ0v) is 11.7. The van der Waals surface area contributed by atoms with E-state index in [9.17, 15) is 22.4 Å². The molecule has 21 heavy (non-hydrogen) atoms. The molecule has 1 aromatic carbocycles. The quantitative estimate of drug-likeness (QED) is 0.745. The van der Waals surface area contributed by atoms with Gasteiger partial charge in [0.15, 0.2) is 0 Å². The van der Waals surface area contributed by atoms with E-state index < -0.39 is 29.0 Å². The van der Waals surface area contributed by atoms with Gasteiger partial charge in [-0.2, -0.15) is 13.2 Å². The van der Waals surface area contributed by atoms with Crippen molar-refractivity contribution in [1.29, 1.82) is 0 Å². The van der Waals surface area contributed by atoms with Crippen LogP contribution in [0.5, 0.6) is 0 Å². The summed E-state index contributed by atoms with van der Waals surface area (Å²) < 4.78 is 51.7. The van der Waals surface area contributed by atoms with E-state index in [1.165, 1.54) is 4.90 Å². The van der Waals surface area contributed by atoms with Gasteiger partial charge in [0.2, 0.25) is 0 Å². The van der Waals surface area contributed by atoms with E-state index in [1.807, 2.05) is 18.9 Å². The van der Waals surface area contributed by atoms with Crippen molar-refractivity contribution in [3.63, 3.8) is 0 Å². The second-order valence-electron chi connectivity index (χ2n) is 5.27. The molecule has 0 saturated carbocycles. The molecule has 0 spiro atoms. The highest BCUT2D eigenvalue weighted by Gasteiger charge is 2.33. The van der Waals surface area contributed by atoms with Gasteiger partial charge < -0.3 is 9.80 Å². The number of carbonyl (C=O) groups excluding carboxylic acids is 1. The summed E-state index contributed by atoms with van der Waals surface area (Å²) >= 11 is 0. The van der Waals surface area contributed by atoms with Crippen molar-refractivity contribution >= 4 is 5.91 Å². The summed E-state index contributed by atoms with van der Waals surface area (Å²) in [7, 11) is 1.90. The molecule has 1 unspecified atom stereocenters. The minimum absolute atomic E-state index is 0.0801. The molecule has 0 radical (unpaired) electrons. The van der Waals surface area contributed by atoms with Crippen LogP contribution in [0.1, 0.15) is 22.8 Å². The summed E-state index contributed by atoms with van der Waals surface area (Å²) in [5.74, 6) is -1.63. The predicted octanol–water partition coefficient (Wildman–Crippen LogP) is 2.62. The van der Waals surface area contributed by atoms with E-state index in [-0.39, 0.29) is 6.04 Å². The molecule has 2 rings (SSSR count). The SMILES string of the molecule is CC1CN(C(=O)c2cc(C(F)(F)F)ccc2F)CCN1C. The first-order chi connectivity index (χ1) is 9.70. The van der Waals surface area contributed by atoms with Gasteiger partial charge in [-0.15, -0.1) is 0 Å². The fraction of sp³-hybridized carbons (Fsp3) is 0.500. The van der Waals surface area contributed by atoms with Crippen LogP contribution < -0.4 is 0 Å². The van der Waals surface area contributed by atoms with E-state index in [2.05, 4.69) is 0 Å². The van der Waals surface area contributed by atoms with Crippen molar-refractivity contribution < 1.29 is 22.4 Å². The van der Waals surface area contributed by atoms with Gasteiger partial charge >= 0.3 is 6.18 Å². The number of alkyl halides is 3. The molecule has 1 aliphatic heterocycles. The van der Waals surface area contributed by atoms with Crippen molar-refractivity contribution in [3.8, 4) is 0 Å². The van der Waals surface area contributed by atoms with Gasteiger partial charge in [-0.05, 0) is 32.2 Å². The largest absolute Gasteiger partial charge is 0.416 e. The molecular weight excluding hydrogens is 288 g/mol. The van der Waals surface area contributed by atoms with Crippen LogP contribution in [0.15, 0.2) is 18.2 Å². The molecule has 1 fully saturated rings. The Morgan fingerprint density at radius 3 is 2.52 bits per heavy atom. The number of piperazine rings is 1. The van der Waals surface area contributed by atoms with Crippen LogP contribution >= 0.6 is 0 Å². The van der Waals surface area contributed by atoms with Gasteiger partial charge in [0.1, 0.15) is 5.82 Å². The van der Waals surface area contributed by atoms with E-state index in [4.69, 9.17) is 0 Å². The monoisotopic (exact) mass is 304 g/mol. The number of hydrogen-bond donors (Lipinski definition) is 0. The Kier molecular flexibility index (Phi) is 4.22. The van der Waals surface area contributed by atoms with Gasteiger partial charge in [0, 0.05) is 25.7 Å². The van der Waals surface area contributed by atoms with Crippen LogP contribution in [0.25, 0.3) is 0 Å². The van der Waals surface area contributed by atoms with Crippen molar-refractivity contribution in [2.24, 2.45) is 0 Å². The fourth-order valence-corrected chi connectivity index (χ4v) is 2.27. The lowest BCUT2D eigenvalue weighted by Crippen LogP contribution is -2.52. The second kappa shape index (κ2) is 5.63. The van der Waals surface area contributed by atoms with Crippen molar-refractivity contribution in [2.45, 2.75) is 19.1 Å². The van der Waals surface area contributed by atoms with Crippen LogP contribution in [-0.4, -0.2) is 48.4 Å². The van der Waals surface area contributed by atoms with E-state index in [1.54, 1.807) is 0 Å². The molecule has 0 aromatic heterocycles. The number of likely N-dealkylation sites (N-methyl/N-ethyl adjacent to an activating group) is 1. The Morgan fingerprint density at radius 1 is 1.29 bits per heavy atom. The first-order valence-corrected chi connectivity index (χ1v) is 6.56. The number of nitrogens with zero attached hydrogens (tertiary/aromatic N) is 2. The number of benzene rings is 1. The molecule has 1 heterocycles. The molecule has 3 nitrogen and oxygen atoms in total. The maximum Gasteiger partial charge on any atom is 0.416 e. The highest BCUT2D eigenvalue weighted by Crippen LogP contribution is 2.30. The molecule has 0 bridgehead atoms. The zero-order chi connectivity index (χ0) is 15.8. The fourth-order valence-electron chi connectivity index (χ4n) is 2.27. The Balaban J connectivity index is 2.27. The summed E-state index contributed by atoms with van der Waals surface area (Å²) in [6, 6.07) is 1.99. The summed E-state index contributed by atoms with van der Waals surface area (Å²) in [6.45, 7) is 3.25. The van der Waals surface area contributed by atoms with E-state index in [0.29, 0.717) is 37.8 Å². The highest BCUT2D eigenvalue weighted by molar-refractivity contribution is 5.94. The number of carbonyl (C=O) groups is 1. The topological polar surface area (TPSA) is 23.6 Å². The van der Waals surface area contributed by atoms with Gasteiger partial charge in [-0.3, -0.25) is 4.79 Å². The molecule has 0 aliphatic carbocycles. The first kappa shape index (κ1) is 15.8. The summed E-state index contributed by atoms with van der Waals surface area (Å²) in [5.41, 5.74) is -1.55. The van der Waals surface area contributed by atoms with Crippen molar-refractivity contribution in [3.05, 3.63) is 35.1 Å². The van der Waals surface area contributed by atoms with E-state index >= 15 is 0 Å². The first-order valence-electron chi connectivity index (χ1n) is 6.56. The number of hydrogen-bond acceptors (Lipinski definition) is 2. The third-order valence-electron chi connectivity index (χ3n) is 3.77. The van der Waals surface area contributed by atoms with E-state index in [0.717, 1.165) is 0 Å². The minimum Gasteiger partial charge on any atom is -0.336 e. The average Bonchev–Trinajstić information content (AvgIpc) is 2.40. The lowest BCUT2D eigenvalue weighted by molar-refractivity contribution is -0.137. The summed E-state index contributed by atoms with van der Waals surface area (Å²) in [4.78, 5) is 15.7. The van der Waals surface area contributed by atoms with Gasteiger partial charge in [-0.25, -0.2) is 4.39 Å². The Bertz CT molecular complexity index is 544. The molecule has 7 heteroatoms. The third-order valence-corrected chi connectivity index (χ3v) is 3.77. The molecule has 1 amide bonds. The van der Waals surface area contributed by atoms with Crippen LogP contribution in [0.2, 0.25) is 0 Å². The Labute approximate surface area is 120 Å². The standard InChI is InChI=1S/C14H16F4N2O/c1-9-8-20(6-5-19(9)2)13(21)11-7-10(14(16,17)18)3-4-12(11)15/h3-4,7,9H,5-6,8H2,1-2H3. The predicted molar refractivity (Wildman–Crippen MR) is 69.4 cm³/mol. The van der Waals surface area contributed by atoms with Crippen LogP contribution in [0, 0.1) is 5.82 Å². The molecule has 116 valence electrons. The van der Waals surface area contributed by atoms with Crippen molar-refractivity contribution in [2.75, 3.05) is 26.7 Å². The highest BCUT2D eigenvalue weighted by atomic mass is 19.4. The Hall–Kier alpha value is -1.63. The van der Waals surface area contributed by atoms with Crippen LogP contribution in [0.4, 0.5) is 17.6 Å². The van der Waals surface area contributed by atoms with Gasteiger partial charge in [-0.1, -0.05) is 0 Å². The normalized spacial score (nSPS) is 20.7. The second-order valence-corrected chi connectivity index (χ2v) is 5.27. The number of rotatable bonds is 1. The lowest BCUT2D eigenvalue weighted by atomic mass is 10.1. The smallest absolute Gasteiger partial charge is 0.336 e. The minimum atomic E-state index is -4.60. The zero-order valence-electron chi connectivity index (χ0n) is 11.7. The molecule has 0 N–H and O–H groups in total. The van der Waals surface area contributed by atoms with Gasteiger partial charge in [0.05, 0.1) is 11.1 Å². The number of amides is 1. The maximum atomic E-state index is 13.7. The molecule has 1 aromatic rings. The molecule has 1 saturated heterocycles. The van der Waals surface area contributed by atoms with Crippen molar-refractivity contribution in [1.82, 2.24) is 9.80 Å². The molecule has 1 atom stereocenters. The third kappa shape index (κ3) is 3.34. The lowest BCUT2D eigenvalue weighted by Gasteiger charge is -2.37. The molecule has 1 aliphatic rings. The van der Waals surface area contributed by atoms with Crippen LogP contribution in [0.3, 0.4) is 0 Å². The molecular formula is C14H16F4N2O. The summed E-state index contributed by atoms with van der Waals surface area (Å²) in [5, 5.41) is 0. The maximum absolute atomic E-state index is 13.7. The average molecular weight is 304 g/mol. The van der Waals surface area contributed by atoms with Crippen LogP contribution in [-0.2, 0) is 6.18 Å². The Morgan fingerprint density at radius 2 is 1.95 bits per heavy atom. The van der Waals surface area contributed by atoms with Gasteiger partial charge in [0.25, 0.3) is 5.91 Å².